The van der Waals surface area contributed by atoms with Gasteiger partial charge in [0, 0.05) is 12.5 Å². The van der Waals surface area contributed by atoms with Crippen LogP contribution in [0, 0.1) is 17.3 Å². The van der Waals surface area contributed by atoms with Gasteiger partial charge in [0.1, 0.15) is 0 Å². The summed E-state index contributed by atoms with van der Waals surface area (Å²) in [4.78, 5) is 11.7. The van der Waals surface area contributed by atoms with Crippen molar-refractivity contribution in [2.45, 2.75) is 67.3 Å². The van der Waals surface area contributed by atoms with Gasteiger partial charge in [0.15, 0.2) is 0 Å². The number of amides is 1. The van der Waals surface area contributed by atoms with Gasteiger partial charge < -0.3 is 5.32 Å². The Hall–Kier alpha value is -0.530. The van der Waals surface area contributed by atoms with Crippen LogP contribution in [0.25, 0.3) is 0 Å². The van der Waals surface area contributed by atoms with Gasteiger partial charge in [0.2, 0.25) is 5.91 Å². The van der Waals surface area contributed by atoms with E-state index in [9.17, 15) is 4.79 Å². The van der Waals surface area contributed by atoms with Gasteiger partial charge >= 0.3 is 0 Å². The van der Waals surface area contributed by atoms with Crippen LogP contribution in [0.4, 0.5) is 0 Å². The molecule has 2 nitrogen and oxygen atoms in total. The number of rotatable bonds is 5. The predicted molar refractivity (Wildman–Crippen MR) is 70.3 cm³/mol. The van der Waals surface area contributed by atoms with Crippen LogP contribution in [0.3, 0.4) is 0 Å². The molecule has 1 N–H and O–H groups in total. The number of hydrogen-bond acceptors (Lipinski definition) is 1. The van der Waals surface area contributed by atoms with Gasteiger partial charge in [-0.1, -0.05) is 48.5 Å². The summed E-state index contributed by atoms with van der Waals surface area (Å²) in [6, 6.07) is 0.297. The summed E-state index contributed by atoms with van der Waals surface area (Å²) in [7, 11) is 0. The highest BCUT2D eigenvalue weighted by Gasteiger charge is 2.22. The van der Waals surface area contributed by atoms with Crippen molar-refractivity contribution in [3.8, 4) is 0 Å². The Bertz CT molecular complexity index is 213. The molecule has 0 radical (unpaired) electrons. The molecule has 0 aromatic rings. The Labute approximate surface area is 101 Å². The third-order valence-corrected chi connectivity index (χ3v) is 2.58. The van der Waals surface area contributed by atoms with E-state index in [0.29, 0.717) is 24.3 Å². The van der Waals surface area contributed by atoms with E-state index in [1.807, 2.05) is 0 Å². The minimum Gasteiger partial charge on any atom is -0.353 e. The Balaban J connectivity index is 4.29. The minimum absolute atomic E-state index is 0.193. The van der Waals surface area contributed by atoms with Crippen molar-refractivity contribution in [3.05, 3.63) is 0 Å². The van der Waals surface area contributed by atoms with E-state index >= 15 is 0 Å². The lowest BCUT2D eigenvalue weighted by Crippen LogP contribution is -2.41. The predicted octanol–water partition coefficient (Wildman–Crippen LogP) is 3.61. The van der Waals surface area contributed by atoms with E-state index in [0.717, 1.165) is 6.42 Å². The molecule has 0 bridgehead atoms. The molecular formula is C14H29NO. The fourth-order valence-corrected chi connectivity index (χ4v) is 1.75. The third-order valence-electron chi connectivity index (χ3n) is 2.58. The van der Waals surface area contributed by atoms with Crippen LogP contribution >= 0.6 is 0 Å². The quantitative estimate of drug-likeness (QED) is 0.764. The highest BCUT2D eigenvalue weighted by atomic mass is 16.1. The zero-order valence-corrected chi connectivity index (χ0v) is 12.1. The SMILES string of the molecule is CC(C)CC(=O)N[C@@H](CC(C)(C)C)C(C)C. The van der Waals surface area contributed by atoms with Crippen LogP contribution in [0.5, 0.6) is 0 Å². The summed E-state index contributed by atoms with van der Waals surface area (Å²) in [5.74, 6) is 1.12. The summed E-state index contributed by atoms with van der Waals surface area (Å²) in [5.41, 5.74) is 0.264. The third kappa shape index (κ3) is 7.72. The topological polar surface area (TPSA) is 29.1 Å². The number of carbonyl (C=O) groups excluding carboxylic acids is 1. The molecule has 2 heteroatoms. The van der Waals surface area contributed by atoms with Crippen molar-refractivity contribution in [1.82, 2.24) is 5.32 Å². The van der Waals surface area contributed by atoms with E-state index in [1.165, 1.54) is 0 Å². The average molecular weight is 227 g/mol. The van der Waals surface area contributed by atoms with Gasteiger partial charge in [-0.3, -0.25) is 4.79 Å². The fourth-order valence-electron chi connectivity index (χ4n) is 1.75. The van der Waals surface area contributed by atoms with Gasteiger partial charge in [-0.2, -0.15) is 0 Å². The van der Waals surface area contributed by atoms with Crippen molar-refractivity contribution in [3.63, 3.8) is 0 Å². The molecule has 0 saturated carbocycles. The van der Waals surface area contributed by atoms with Crippen LogP contribution in [0.2, 0.25) is 0 Å². The molecule has 16 heavy (non-hydrogen) atoms. The van der Waals surface area contributed by atoms with Gasteiger partial charge in [-0.15, -0.1) is 0 Å². The van der Waals surface area contributed by atoms with E-state index in [4.69, 9.17) is 0 Å². The van der Waals surface area contributed by atoms with E-state index in [1.54, 1.807) is 0 Å². The van der Waals surface area contributed by atoms with Crippen LogP contribution < -0.4 is 5.32 Å². The second-order valence-electron chi connectivity index (χ2n) is 6.78. The molecule has 0 aliphatic rings. The summed E-state index contributed by atoms with van der Waals surface area (Å²) in [6.45, 7) is 15.2. The first-order valence-electron chi connectivity index (χ1n) is 6.41. The molecule has 0 heterocycles. The molecule has 1 amide bonds. The summed E-state index contributed by atoms with van der Waals surface area (Å²) >= 11 is 0. The van der Waals surface area contributed by atoms with E-state index < -0.39 is 0 Å². The van der Waals surface area contributed by atoms with Gasteiger partial charge in [-0.05, 0) is 23.7 Å². The average Bonchev–Trinajstić information content (AvgIpc) is 1.97. The number of hydrogen-bond donors (Lipinski definition) is 1. The molecule has 0 aliphatic heterocycles. The highest BCUT2D eigenvalue weighted by Crippen LogP contribution is 2.24. The molecule has 0 rings (SSSR count). The fraction of sp³-hybridized carbons (Fsp3) is 0.929. The molecule has 0 saturated heterocycles. The first kappa shape index (κ1) is 15.5. The second-order valence-corrected chi connectivity index (χ2v) is 6.78. The lowest BCUT2D eigenvalue weighted by atomic mass is 9.84. The molecule has 0 aromatic carbocycles. The van der Waals surface area contributed by atoms with Crippen molar-refractivity contribution in [1.29, 1.82) is 0 Å². The monoisotopic (exact) mass is 227 g/mol. The first-order valence-corrected chi connectivity index (χ1v) is 6.41. The van der Waals surface area contributed by atoms with Crippen LogP contribution in [0.15, 0.2) is 0 Å². The van der Waals surface area contributed by atoms with Gasteiger partial charge in [0.25, 0.3) is 0 Å². The maximum Gasteiger partial charge on any atom is 0.220 e. The molecule has 0 fully saturated rings. The molecule has 0 aromatic heterocycles. The summed E-state index contributed by atoms with van der Waals surface area (Å²) in [6.07, 6.45) is 1.67. The number of carbonyl (C=O) groups is 1. The second kappa shape index (κ2) is 6.27. The van der Waals surface area contributed by atoms with Crippen LogP contribution in [-0.4, -0.2) is 11.9 Å². The molecule has 0 spiro atoms. The number of nitrogens with one attached hydrogen (secondary N) is 1. The Morgan fingerprint density at radius 3 is 1.94 bits per heavy atom. The molecule has 1 atom stereocenters. The molecule has 0 aliphatic carbocycles. The largest absolute Gasteiger partial charge is 0.353 e. The van der Waals surface area contributed by atoms with Gasteiger partial charge in [0.05, 0.1) is 0 Å². The standard InChI is InChI=1S/C14H29NO/c1-10(2)8-13(16)15-12(11(3)4)9-14(5,6)7/h10-12H,8-9H2,1-7H3,(H,15,16)/t12-/m0/s1. The summed E-state index contributed by atoms with van der Waals surface area (Å²) in [5, 5.41) is 3.17. The van der Waals surface area contributed by atoms with Crippen molar-refractivity contribution in [2.24, 2.45) is 17.3 Å². The van der Waals surface area contributed by atoms with E-state index in [-0.39, 0.29) is 11.3 Å². The smallest absolute Gasteiger partial charge is 0.220 e. The maximum atomic E-state index is 11.7. The highest BCUT2D eigenvalue weighted by molar-refractivity contribution is 5.76. The van der Waals surface area contributed by atoms with Crippen LogP contribution in [-0.2, 0) is 4.79 Å². The van der Waals surface area contributed by atoms with Crippen LogP contribution in [0.1, 0.15) is 61.3 Å². The molecular weight excluding hydrogens is 198 g/mol. The lowest BCUT2D eigenvalue weighted by molar-refractivity contribution is -0.123. The minimum atomic E-state index is 0.193. The lowest BCUT2D eigenvalue weighted by Gasteiger charge is -2.29. The van der Waals surface area contributed by atoms with Gasteiger partial charge in [-0.25, -0.2) is 0 Å². The Kier molecular flexibility index (Phi) is 6.06. The Morgan fingerprint density at radius 1 is 1.12 bits per heavy atom. The normalized spacial score (nSPS) is 14.3. The zero-order valence-electron chi connectivity index (χ0n) is 12.1. The van der Waals surface area contributed by atoms with E-state index in [2.05, 4.69) is 53.8 Å². The Morgan fingerprint density at radius 2 is 1.62 bits per heavy atom. The molecule has 0 unspecified atom stereocenters. The zero-order chi connectivity index (χ0) is 12.9. The maximum absolute atomic E-state index is 11.7. The summed E-state index contributed by atoms with van der Waals surface area (Å²) < 4.78 is 0. The van der Waals surface area contributed by atoms with Crippen molar-refractivity contribution < 1.29 is 4.79 Å². The first-order chi connectivity index (χ1) is 7.11. The van der Waals surface area contributed by atoms with Crippen molar-refractivity contribution in [2.75, 3.05) is 0 Å². The molecule has 96 valence electrons. The van der Waals surface area contributed by atoms with Crippen molar-refractivity contribution >= 4 is 5.91 Å².